The Balaban J connectivity index is 1.62. The number of halogens is 1. The van der Waals surface area contributed by atoms with Crippen LogP contribution in [0.15, 0.2) is 76.3 Å². The molecule has 0 unspecified atom stereocenters. The number of fused-ring (bicyclic) bond motifs is 3. The maximum Gasteiger partial charge on any atom is 0.217 e. The summed E-state index contributed by atoms with van der Waals surface area (Å²) in [5.74, 6) is 1.69. The van der Waals surface area contributed by atoms with Crippen molar-refractivity contribution in [1.82, 2.24) is 5.01 Å². The molecule has 0 N–H and O–H groups in total. The van der Waals surface area contributed by atoms with E-state index in [1.54, 1.807) is 7.11 Å². The molecular weight excluding hydrogens is 428 g/mol. The van der Waals surface area contributed by atoms with Gasteiger partial charge in [0.05, 0.1) is 24.4 Å². The topological polar surface area (TPSA) is 34.1 Å². The summed E-state index contributed by atoms with van der Waals surface area (Å²) in [6.45, 7) is 2.10. The third-order valence-corrected chi connectivity index (χ3v) is 6.03. The normalized spacial score (nSPS) is 19.8. The molecule has 0 bridgehead atoms. The van der Waals surface area contributed by atoms with Crippen LogP contribution in [0.2, 0.25) is 0 Å². The van der Waals surface area contributed by atoms with Gasteiger partial charge in [0.15, 0.2) is 0 Å². The van der Waals surface area contributed by atoms with Crippen LogP contribution in [0.3, 0.4) is 0 Å². The summed E-state index contributed by atoms with van der Waals surface area (Å²) in [7, 11) is 1.69. The van der Waals surface area contributed by atoms with Gasteiger partial charge >= 0.3 is 0 Å². The molecule has 2 aliphatic heterocycles. The molecule has 2 atom stereocenters. The van der Waals surface area contributed by atoms with E-state index < -0.39 is 0 Å². The Morgan fingerprint density at radius 1 is 1.03 bits per heavy atom. The number of para-hydroxylation sites is 1. The lowest BCUT2D eigenvalue weighted by Gasteiger charge is -2.38. The van der Waals surface area contributed by atoms with Crippen LogP contribution in [0, 0.1) is 6.92 Å². The Bertz CT molecular complexity index is 1090. The molecule has 2 aliphatic rings. The van der Waals surface area contributed by atoms with E-state index in [0.29, 0.717) is 0 Å². The Morgan fingerprint density at radius 2 is 1.83 bits per heavy atom. The molecule has 29 heavy (non-hydrogen) atoms. The van der Waals surface area contributed by atoms with Crippen molar-refractivity contribution in [2.75, 3.05) is 7.11 Å². The maximum atomic E-state index is 6.45. The van der Waals surface area contributed by atoms with E-state index >= 15 is 0 Å². The van der Waals surface area contributed by atoms with Crippen LogP contribution in [-0.4, -0.2) is 17.8 Å². The lowest BCUT2D eigenvalue weighted by Crippen LogP contribution is -2.33. The van der Waals surface area contributed by atoms with Crippen LogP contribution in [0.25, 0.3) is 0 Å². The highest BCUT2D eigenvalue weighted by Gasteiger charge is 2.41. The second-order valence-corrected chi connectivity index (χ2v) is 8.32. The number of ether oxygens (including phenoxy) is 2. The molecule has 5 heteroatoms. The van der Waals surface area contributed by atoms with Crippen molar-refractivity contribution in [3.8, 4) is 11.5 Å². The average Bonchev–Trinajstić information content (AvgIpc) is 3.19. The first-order chi connectivity index (χ1) is 14.1. The number of hydrogen-bond acceptors (Lipinski definition) is 4. The van der Waals surface area contributed by atoms with Crippen molar-refractivity contribution < 1.29 is 9.47 Å². The monoisotopic (exact) mass is 448 g/mol. The first kappa shape index (κ1) is 18.3. The van der Waals surface area contributed by atoms with E-state index in [4.69, 9.17) is 14.6 Å². The molecule has 5 rings (SSSR count). The Hall–Kier alpha value is -2.79. The molecular formula is C24H21BrN2O2. The highest BCUT2D eigenvalue weighted by atomic mass is 79.9. The van der Waals surface area contributed by atoms with Crippen molar-refractivity contribution in [2.45, 2.75) is 25.6 Å². The minimum Gasteiger partial charge on any atom is -0.496 e. The predicted octanol–water partition coefficient (Wildman–Crippen LogP) is 6.01. The number of rotatable bonds is 3. The quantitative estimate of drug-likeness (QED) is 0.491. The summed E-state index contributed by atoms with van der Waals surface area (Å²) in [5, 5.41) is 7.11. The number of hydrazone groups is 1. The molecule has 0 spiro atoms. The van der Waals surface area contributed by atoms with Gasteiger partial charge in [0.2, 0.25) is 6.23 Å². The fourth-order valence-corrected chi connectivity index (χ4v) is 4.44. The van der Waals surface area contributed by atoms with Gasteiger partial charge < -0.3 is 9.47 Å². The van der Waals surface area contributed by atoms with E-state index in [-0.39, 0.29) is 12.3 Å². The van der Waals surface area contributed by atoms with Crippen molar-refractivity contribution in [2.24, 2.45) is 5.10 Å². The molecule has 146 valence electrons. The van der Waals surface area contributed by atoms with Gasteiger partial charge in [-0.05, 0) is 36.8 Å². The van der Waals surface area contributed by atoms with Gasteiger partial charge in [0.25, 0.3) is 0 Å². The summed E-state index contributed by atoms with van der Waals surface area (Å²) in [6.07, 6.45) is 0.487. The van der Waals surface area contributed by atoms with Crippen molar-refractivity contribution in [3.63, 3.8) is 0 Å². The maximum absolute atomic E-state index is 6.45. The van der Waals surface area contributed by atoms with Gasteiger partial charge in [-0.15, -0.1) is 0 Å². The molecule has 0 saturated carbocycles. The molecule has 3 aromatic carbocycles. The molecule has 0 amide bonds. The molecule has 0 saturated heterocycles. The van der Waals surface area contributed by atoms with Crippen LogP contribution < -0.4 is 9.47 Å². The molecule has 3 aromatic rings. The van der Waals surface area contributed by atoms with Crippen LogP contribution in [0.1, 0.15) is 40.9 Å². The van der Waals surface area contributed by atoms with Gasteiger partial charge in [-0.1, -0.05) is 64.0 Å². The van der Waals surface area contributed by atoms with E-state index in [9.17, 15) is 0 Å². The van der Waals surface area contributed by atoms with E-state index in [1.165, 1.54) is 11.1 Å². The first-order valence-electron chi connectivity index (χ1n) is 9.66. The molecule has 0 fully saturated rings. The minimum atomic E-state index is -0.356. The van der Waals surface area contributed by atoms with Crippen molar-refractivity contribution in [1.29, 1.82) is 0 Å². The zero-order valence-corrected chi connectivity index (χ0v) is 17.9. The number of methoxy groups -OCH3 is 1. The van der Waals surface area contributed by atoms with Crippen LogP contribution in [0.4, 0.5) is 0 Å². The number of nitrogens with zero attached hydrogens (tertiary/aromatic N) is 2. The van der Waals surface area contributed by atoms with E-state index in [1.807, 2.05) is 30.3 Å². The Kier molecular flexibility index (Phi) is 4.55. The molecule has 0 aromatic heterocycles. The minimum absolute atomic E-state index is 0.130. The second-order valence-electron chi connectivity index (χ2n) is 7.41. The SMILES string of the molecule is COc1ccc(Br)cc1[C@@H]1Oc2ccccc2[C@@H]2CC(c3ccc(C)cc3)=NN21. The summed E-state index contributed by atoms with van der Waals surface area (Å²) in [6, 6.07) is 22.9. The Labute approximate surface area is 178 Å². The smallest absolute Gasteiger partial charge is 0.217 e. The summed E-state index contributed by atoms with van der Waals surface area (Å²) < 4.78 is 13.1. The third kappa shape index (κ3) is 3.19. The average molecular weight is 449 g/mol. The first-order valence-corrected chi connectivity index (χ1v) is 10.5. The van der Waals surface area contributed by atoms with Gasteiger partial charge in [-0.3, -0.25) is 0 Å². The molecule has 0 radical (unpaired) electrons. The number of hydrogen-bond donors (Lipinski definition) is 0. The fourth-order valence-electron chi connectivity index (χ4n) is 4.06. The molecule has 0 aliphatic carbocycles. The zero-order chi connectivity index (χ0) is 20.0. The molecule has 2 heterocycles. The molecule has 4 nitrogen and oxygen atoms in total. The van der Waals surface area contributed by atoms with Crippen LogP contribution >= 0.6 is 15.9 Å². The van der Waals surface area contributed by atoms with Crippen molar-refractivity contribution in [3.05, 3.63) is 93.5 Å². The standard InChI is InChI=1S/C24H21BrN2O2/c1-15-7-9-16(10-8-15)20-14-21-18-5-3-4-6-23(18)29-24(27(21)26-20)19-13-17(25)11-12-22(19)28-2/h3-13,21,24H,14H2,1-2H3/t21-,24-/m0/s1. The summed E-state index contributed by atoms with van der Waals surface area (Å²) in [4.78, 5) is 0. The largest absolute Gasteiger partial charge is 0.496 e. The van der Waals surface area contributed by atoms with Gasteiger partial charge in [0, 0.05) is 16.5 Å². The lowest BCUT2D eigenvalue weighted by atomic mass is 9.95. The van der Waals surface area contributed by atoms with Gasteiger partial charge in [0.1, 0.15) is 11.5 Å². The van der Waals surface area contributed by atoms with Gasteiger partial charge in [-0.2, -0.15) is 5.10 Å². The zero-order valence-electron chi connectivity index (χ0n) is 16.3. The third-order valence-electron chi connectivity index (χ3n) is 5.54. The highest BCUT2D eigenvalue weighted by Crippen LogP contribution is 2.49. The predicted molar refractivity (Wildman–Crippen MR) is 117 cm³/mol. The van der Waals surface area contributed by atoms with E-state index in [2.05, 4.69) is 64.3 Å². The number of benzene rings is 3. The fraction of sp³-hybridized carbons (Fsp3) is 0.208. The second kappa shape index (κ2) is 7.23. The van der Waals surface area contributed by atoms with Crippen molar-refractivity contribution >= 4 is 21.6 Å². The van der Waals surface area contributed by atoms with Crippen LogP contribution in [0.5, 0.6) is 11.5 Å². The lowest BCUT2D eigenvalue weighted by molar-refractivity contribution is -0.0203. The van der Waals surface area contributed by atoms with Crippen LogP contribution in [-0.2, 0) is 0 Å². The Morgan fingerprint density at radius 3 is 2.62 bits per heavy atom. The summed E-state index contributed by atoms with van der Waals surface area (Å²) in [5.41, 5.74) is 5.60. The van der Waals surface area contributed by atoms with Gasteiger partial charge in [-0.25, -0.2) is 5.01 Å². The number of aryl methyl sites for hydroxylation is 1. The highest BCUT2D eigenvalue weighted by molar-refractivity contribution is 9.10. The summed E-state index contributed by atoms with van der Waals surface area (Å²) >= 11 is 3.59. The van der Waals surface area contributed by atoms with E-state index in [0.717, 1.165) is 39.2 Å².